The molecular weight excluding hydrogens is 530 g/mol. The van der Waals surface area contributed by atoms with Crippen molar-refractivity contribution in [1.29, 1.82) is 0 Å². The van der Waals surface area contributed by atoms with Crippen molar-refractivity contribution < 1.29 is 14.3 Å². The van der Waals surface area contributed by atoms with E-state index in [1.165, 1.54) is 18.2 Å². The van der Waals surface area contributed by atoms with Gasteiger partial charge in [0, 0.05) is 12.6 Å². The molecule has 3 aromatic carbocycles. The van der Waals surface area contributed by atoms with Crippen LogP contribution in [0.4, 0.5) is 5.69 Å². The minimum Gasteiger partial charge on any atom is -0.497 e. The van der Waals surface area contributed by atoms with E-state index in [-0.39, 0.29) is 18.3 Å². The van der Waals surface area contributed by atoms with Gasteiger partial charge in [0.05, 0.1) is 17.7 Å². The molecular formula is C31H34ClN3O3S. The summed E-state index contributed by atoms with van der Waals surface area (Å²) < 4.78 is 11.2. The Labute approximate surface area is 241 Å². The summed E-state index contributed by atoms with van der Waals surface area (Å²) in [6, 6.07) is 25.9. The van der Waals surface area contributed by atoms with E-state index in [9.17, 15) is 4.79 Å². The van der Waals surface area contributed by atoms with Crippen LogP contribution in [0.1, 0.15) is 30.9 Å². The third kappa shape index (κ3) is 7.24. The fraction of sp³-hybridized carbons (Fsp3) is 0.290. The fourth-order valence-corrected chi connectivity index (χ4v) is 5.81. The van der Waals surface area contributed by atoms with Gasteiger partial charge < -0.3 is 9.47 Å². The number of aliphatic imine (C=N–C) groups is 1. The molecule has 0 saturated carbocycles. The molecule has 6 nitrogen and oxygen atoms in total. The first kappa shape index (κ1) is 28.7. The van der Waals surface area contributed by atoms with Crippen LogP contribution in [0.5, 0.6) is 11.5 Å². The number of amides is 1. The van der Waals surface area contributed by atoms with Crippen LogP contribution in [0.15, 0.2) is 88.8 Å². The maximum absolute atomic E-state index is 13.6. The van der Waals surface area contributed by atoms with Crippen molar-refractivity contribution in [3.8, 4) is 11.5 Å². The fourth-order valence-electron chi connectivity index (χ4n) is 4.80. The van der Waals surface area contributed by atoms with Gasteiger partial charge in [0.25, 0.3) is 5.91 Å². The molecule has 8 heteroatoms. The Morgan fingerprint density at radius 2 is 1.72 bits per heavy atom. The minimum atomic E-state index is 0. The molecule has 39 heavy (non-hydrogen) atoms. The molecule has 2 saturated heterocycles. The van der Waals surface area contributed by atoms with E-state index in [1.54, 1.807) is 7.11 Å². The quantitative estimate of drug-likeness (QED) is 0.268. The molecule has 0 aromatic heterocycles. The summed E-state index contributed by atoms with van der Waals surface area (Å²) in [6.45, 7) is 5.43. The van der Waals surface area contributed by atoms with Gasteiger partial charge in [0.1, 0.15) is 18.1 Å². The summed E-state index contributed by atoms with van der Waals surface area (Å²) in [5, 5.41) is 0.720. The first-order chi connectivity index (χ1) is 18.6. The Kier molecular flexibility index (Phi) is 10.1. The second-order valence-corrected chi connectivity index (χ2v) is 10.4. The summed E-state index contributed by atoms with van der Waals surface area (Å²) >= 11 is 1.44. The third-order valence-corrected chi connectivity index (χ3v) is 7.92. The number of thioether (sulfide) groups is 1. The molecule has 2 aliphatic heterocycles. The molecule has 2 fully saturated rings. The van der Waals surface area contributed by atoms with E-state index in [2.05, 4.69) is 11.8 Å². The summed E-state index contributed by atoms with van der Waals surface area (Å²) in [5.41, 5.74) is 2.87. The van der Waals surface area contributed by atoms with Gasteiger partial charge in [0.2, 0.25) is 0 Å². The zero-order valence-corrected chi connectivity index (χ0v) is 23.9. The number of hydrogen-bond acceptors (Lipinski definition) is 6. The van der Waals surface area contributed by atoms with Crippen LogP contribution in [0.2, 0.25) is 0 Å². The average molecular weight is 564 g/mol. The van der Waals surface area contributed by atoms with E-state index in [0.29, 0.717) is 24.1 Å². The number of carbonyl (C=O) groups is 1. The molecule has 0 radical (unpaired) electrons. The maximum atomic E-state index is 13.6. The standard InChI is InChI=1S/C31H33N3O3S.ClH/c1-3-33-19-7-10-26(33)21-34-30(35)29(38-31(34)32-25-13-17-27(36-2)18-14-25)20-23-11-15-28(16-12-23)37-22-24-8-5-4-6-9-24;/h4-6,8-9,11-18,20,26H,3,7,10,19,21-22H2,1-2H3;1H. The molecule has 3 aromatic rings. The largest absolute Gasteiger partial charge is 0.497 e. The predicted octanol–water partition coefficient (Wildman–Crippen LogP) is 6.78. The number of halogens is 1. The normalized spacial score (nSPS) is 19.5. The first-order valence-electron chi connectivity index (χ1n) is 13.1. The van der Waals surface area contributed by atoms with Crippen molar-refractivity contribution >= 4 is 47.0 Å². The van der Waals surface area contributed by atoms with Crippen molar-refractivity contribution in [1.82, 2.24) is 9.80 Å². The molecule has 0 spiro atoms. The second-order valence-electron chi connectivity index (χ2n) is 9.39. The van der Waals surface area contributed by atoms with Gasteiger partial charge in [-0.3, -0.25) is 14.6 Å². The number of benzene rings is 3. The molecule has 0 bridgehead atoms. The number of likely N-dealkylation sites (N-methyl/N-ethyl adjacent to an activating group) is 1. The molecule has 1 amide bonds. The Morgan fingerprint density at radius 3 is 2.41 bits per heavy atom. The van der Waals surface area contributed by atoms with Gasteiger partial charge in [-0.2, -0.15) is 0 Å². The summed E-state index contributed by atoms with van der Waals surface area (Å²) in [6.07, 6.45) is 4.21. The van der Waals surface area contributed by atoms with Crippen molar-refractivity contribution in [3.63, 3.8) is 0 Å². The number of rotatable bonds is 9. The zero-order chi connectivity index (χ0) is 26.3. The van der Waals surface area contributed by atoms with Gasteiger partial charge in [-0.15, -0.1) is 12.4 Å². The lowest BCUT2D eigenvalue weighted by Gasteiger charge is -2.27. The molecule has 0 aliphatic carbocycles. The minimum absolute atomic E-state index is 0. The van der Waals surface area contributed by atoms with E-state index >= 15 is 0 Å². The monoisotopic (exact) mass is 563 g/mol. The van der Waals surface area contributed by atoms with E-state index in [4.69, 9.17) is 14.5 Å². The lowest BCUT2D eigenvalue weighted by molar-refractivity contribution is -0.122. The Hall–Kier alpha value is -3.26. The SMILES string of the molecule is CCN1CCCC1CN1C(=O)C(=Cc2ccc(OCc3ccccc3)cc2)SC1=Nc1ccc(OC)cc1.Cl. The van der Waals surface area contributed by atoms with Crippen molar-refractivity contribution in [2.24, 2.45) is 4.99 Å². The average Bonchev–Trinajstić information content (AvgIpc) is 3.53. The molecule has 0 N–H and O–H groups in total. The summed E-state index contributed by atoms with van der Waals surface area (Å²) in [5.74, 6) is 1.59. The van der Waals surface area contributed by atoms with Gasteiger partial charge in [-0.1, -0.05) is 49.4 Å². The molecule has 204 valence electrons. The maximum Gasteiger partial charge on any atom is 0.266 e. The number of hydrogen-bond donors (Lipinski definition) is 0. The van der Waals surface area contributed by atoms with Gasteiger partial charge >= 0.3 is 0 Å². The first-order valence-corrected chi connectivity index (χ1v) is 13.9. The van der Waals surface area contributed by atoms with E-state index in [1.807, 2.05) is 89.8 Å². The molecule has 2 aliphatic rings. The van der Waals surface area contributed by atoms with Crippen molar-refractivity contribution in [3.05, 3.63) is 94.9 Å². The lowest BCUT2D eigenvalue weighted by atomic mass is 10.2. The molecule has 5 rings (SSSR count). The highest BCUT2D eigenvalue weighted by Gasteiger charge is 2.37. The Bertz CT molecular complexity index is 1300. The summed E-state index contributed by atoms with van der Waals surface area (Å²) in [4.78, 5) is 23.5. The topological polar surface area (TPSA) is 54.4 Å². The van der Waals surface area contributed by atoms with Crippen LogP contribution >= 0.6 is 24.2 Å². The number of nitrogens with zero attached hydrogens (tertiary/aromatic N) is 3. The van der Waals surface area contributed by atoms with Gasteiger partial charge in [-0.05, 0) is 91.3 Å². The van der Waals surface area contributed by atoms with E-state index < -0.39 is 0 Å². The highest BCUT2D eigenvalue weighted by Crippen LogP contribution is 2.36. The Morgan fingerprint density at radius 1 is 1.00 bits per heavy atom. The van der Waals surface area contributed by atoms with Gasteiger partial charge in [0.15, 0.2) is 5.17 Å². The highest BCUT2D eigenvalue weighted by atomic mass is 35.5. The number of carbonyl (C=O) groups excluding carboxylic acids is 1. The Balaban J connectivity index is 0.00000353. The van der Waals surface area contributed by atoms with E-state index in [0.717, 1.165) is 53.0 Å². The van der Waals surface area contributed by atoms with Crippen LogP contribution in [0.3, 0.4) is 0 Å². The number of likely N-dealkylation sites (tertiary alicyclic amines) is 1. The zero-order valence-electron chi connectivity index (χ0n) is 22.3. The smallest absolute Gasteiger partial charge is 0.266 e. The third-order valence-electron chi connectivity index (χ3n) is 6.91. The summed E-state index contributed by atoms with van der Waals surface area (Å²) in [7, 11) is 1.65. The molecule has 1 atom stereocenters. The van der Waals surface area contributed by atoms with Crippen LogP contribution in [0.25, 0.3) is 6.08 Å². The van der Waals surface area contributed by atoms with Crippen LogP contribution < -0.4 is 9.47 Å². The number of amidine groups is 1. The van der Waals surface area contributed by atoms with Crippen LogP contribution in [-0.4, -0.2) is 53.7 Å². The second kappa shape index (κ2) is 13.7. The molecule has 2 heterocycles. The molecule has 1 unspecified atom stereocenters. The van der Waals surface area contributed by atoms with Crippen molar-refractivity contribution in [2.75, 3.05) is 26.7 Å². The predicted molar refractivity (Wildman–Crippen MR) is 162 cm³/mol. The highest BCUT2D eigenvalue weighted by molar-refractivity contribution is 8.18. The van der Waals surface area contributed by atoms with Crippen molar-refractivity contribution in [2.45, 2.75) is 32.4 Å². The number of ether oxygens (including phenoxy) is 2. The lowest BCUT2D eigenvalue weighted by Crippen LogP contribution is -2.42. The van der Waals surface area contributed by atoms with Crippen LogP contribution in [0, 0.1) is 0 Å². The number of methoxy groups -OCH3 is 1. The van der Waals surface area contributed by atoms with Gasteiger partial charge in [-0.25, -0.2) is 4.99 Å². The van der Waals surface area contributed by atoms with Crippen LogP contribution in [-0.2, 0) is 11.4 Å².